The summed E-state index contributed by atoms with van der Waals surface area (Å²) in [5, 5.41) is 11.3. The highest BCUT2D eigenvalue weighted by molar-refractivity contribution is 7.10. The molecule has 2 unspecified atom stereocenters. The largest absolute Gasteiger partial charge is 0.479 e. The van der Waals surface area contributed by atoms with Gasteiger partial charge in [-0.3, -0.25) is 4.90 Å². The van der Waals surface area contributed by atoms with Gasteiger partial charge in [-0.15, -0.1) is 11.3 Å². The standard InChI is InChI=1S/C13H15NO5S/c15-12(16)10-11-8(3-6-20-11)1-4-14(10)13(17)19-9-2-5-18-7-9/h3,6,9-10H,1-2,4-5,7H2,(H,15,16). The van der Waals surface area contributed by atoms with Gasteiger partial charge in [0.25, 0.3) is 0 Å². The molecule has 0 saturated carbocycles. The highest BCUT2D eigenvalue weighted by Crippen LogP contribution is 2.34. The molecule has 20 heavy (non-hydrogen) atoms. The van der Waals surface area contributed by atoms with Gasteiger partial charge in [0.15, 0.2) is 6.04 Å². The molecule has 1 fully saturated rings. The number of ether oxygens (including phenoxy) is 2. The number of amides is 1. The van der Waals surface area contributed by atoms with Gasteiger partial charge in [0.1, 0.15) is 6.10 Å². The van der Waals surface area contributed by atoms with E-state index >= 15 is 0 Å². The fourth-order valence-corrected chi connectivity index (χ4v) is 3.62. The number of carbonyl (C=O) groups is 2. The van der Waals surface area contributed by atoms with E-state index in [2.05, 4.69) is 0 Å². The summed E-state index contributed by atoms with van der Waals surface area (Å²) in [7, 11) is 0. The smallest absolute Gasteiger partial charge is 0.411 e. The quantitative estimate of drug-likeness (QED) is 0.898. The molecule has 1 N–H and O–H groups in total. The maximum Gasteiger partial charge on any atom is 0.411 e. The minimum Gasteiger partial charge on any atom is -0.479 e. The fraction of sp³-hybridized carbons (Fsp3) is 0.538. The molecule has 0 aliphatic carbocycles. The number of carbonyl (C=O) groups excluding carboxylic acids is 1. The highest BCUT2D eigenvalue weighted by Gasteiger charge is 2.38. The van der Waals surface area contributed by atoms with E-state index in [1.54, 1.807) is 0 Å². The monoisotopic (exact) mass is 297 g/mol. The van der Waals surface area contributed by atoms with Crippen LogP contribution in [0.5, 0.6) is 0 Å². The van der Waals surface area contributed by atoms with Gasteiger partial charge < -0.3 is 14.6 Å². The number of carboxylic acids is 1. The molecule has 0 aromatic carbocycles. The van der Waals surface area contributed by atoms with Crippen molar-refractivity contribution < 1.29 is 24.2 Å². The molecule has 108 valence electrons. The summed E-state index contributed by atoms with van der Waals surface area (Å²) < 4.78 is 10.5. The molecule has 2 aliphatic heterocycles. The summed E-state index contributed by atoms with van der Waals surface area (Å²) >= 11 is 1.37. The Balaban J connectivity index is 1.78. The Morgan fingerprint density at radius 3 is 3.05 bits per heavy atom. The van der Waals surface area contributed by atoms with E-state index in [9.17, 15) is 14.7 Å². The Hall–Kier alpha value is -1.60. The SMILES string of the molecule is O=C(O)C1c2sccc2CCN1C(=O)OC1CCOC1. The lowest BCUT2D eigenvalue weighted by Crippen LogP contribution is -2.44. The predicted molar refractivity (Wildman–Crippen MR) is 70.8 cm³/mol. The molecule has 1 aromatic heterocycles. The van der Waals surface area contributed by atoms with Gasteiger partial charge in [-0.05, 0) is 23.4 Å². The van der Waals surface area contributed by atoms with Crippen molar-refractivity contribution in [2.75, 3.05) is 19.8 Å². The van der Waals surface area contributed by atoms with Crippen LogP contribution in [0.15, 0.2) is 11.4 Å². The lowest BCUT2D eigenvalue weighted by molar-refractivity contribution is -0.143. The summed E-state index contributed by atoms with van der Waals surface area (Å²) in [6, 6.07) is 0.984. The molecule has 1 aromatic rings. The topological polar surface area (TPSA) is 76.1 Å². The first-order chi connectivity index (χ1) is 9.66. The van der Waals surface area contributed by atoms with Gasteiger partial charge in [-0.25, -0.2) is 9.59 Å². The van der Waals surface area contributed by atoms with E-state index in [-0.39, 0.29) is 6.10 Å². The Labute approximate surface area is 119 Å². The van der Waals surface area contributed by atoms with Crippen LogP contribution < -0.4 is 0 Å². The van der Waals surface area contributed by atoms with E-state index < -0.39 is 18.1 Å². The number of rotatable bonds is 2. The van der Waals surface area contributed by atoms with E-state index in [4.69, 9.17) is 9.47 Å². The summed E-state index contributed by atoms with van der Waals surface area (Å²) in [6.07, 6.45) is 0.508. The summed E-state index contributed by atoms with van der Waals surface area (Å²) in [6.45, 7) is 1.34. The third-order valence-corrected chi connectivity index (χ3v) is 4.60. The van der Waals surface area contributed by atoms with Crippen LogP contribution in [-0.2, 0) is 20.7 Å². The minimum absolute atomic E-state index is 0.262. The zero-order chi connectivity index (χ0) is 14.1. The zero-order valence-corrected chi connectivity index (χ0v) is 11.6. The van der Waals surface area contributed by atoms with Gasteiger partial charge in [0.05, 0.1) is 13.2 Å². The first-order valence-electron chi connectivity index (χ1n) is 6.51. The molecule has 1 saturated heterocycles. The molecule has 0 spiro atoms. The number of hydrogen-bond acceptors (Lipinski definition) is 5. The third-order valence-electron chi connectivity index (χ3n) is 3.59. The summed E-state index contributed by atoms with van der Waals surface area (Å²) in [4.78, 5) is 25.7. The molecule has 0 bridgehead atoms. The third kappa shape index (κ3) is 2.38. The molecule has 0 radical (unpaired) electrons. The maximum absolute atomic E-state index is 12.2. The van der Waals surface area contributed by atoms with Crippen molar-refractivity contribution in [3.63, 3.8) is 0 Å². The maximum atomic E-state index is 12.2. The zero-order valence-electron chi connectivity index (χ0n) is 10.8. The second-order valence-corrected chi connectivity index (χ2v) is 5.81. The average molecular weight is 297 g/mol. The lowest BCUT2D eigenvalue weighted by atomic mass is 10.0. The van der Waals surface area contributed by atoms with Crippen molar-refractivity contribution in [1.82, 2.24) is 4.90 Å². The van der Waals surface area contributed by atoms with Gasteiger partial charge in [0, 0.05) is 17.8 Å². The Morgan fingerprint density at radius 1 is 1.50 bits per heavy atom. The van der Waals surface area contributed by atoms with Gasteiger partial charge in [-0.1, -0.05) is 0 Å². The van der Waals surface area contributed by atoms with Crippen molar-refractivity contribution in [2.24, 2.45) is 0 Å². The Kier molecular flexibility index (Phi) is 3.62. The van der Waals surface area contributed by atoms with E-state index in [0.29, 0.717) is 32.6 Å². The molecule has 3 heterocycles. The van der Waals surface area contributed by atoms with E-state index in [0.717, 1.165) is 10.4 Å². The van der Waals surface area contributed by atoms with Gasteiger partial charge in [-0.2, -0.15) is 0 Å². The first kappa shape index (κ1) is 13.4. The molecule has 2 aliphatic rings. The number of hydrogen-bond donors (Lipinski definition) is 1. The second kappa shape index (κ2) is 5.41. The summed E-state index contributed by atoms with van der Waals surface area (Å²) in [5.74, 6) is -1.02. The van der Waals surface area contributed by atoms with Crippen molar-refractivity contribution >= 4 is 23.4 Å². The van der Waals surface area contributed by atoms with Crippen LogP contribution in [0.4, 0.5) is 4.79 Å². The summed E-state index contributed by atoms with van der Waals surface area (Å²) in [5.41, 5.74) is 1.01. The van der Waals surface area contributed by atoms with Crippen LogP contribution in [0.3, 0.4) is 0 Å². The molecule has 6 nitrogen and oxygen atoms in total. The van der Waals surface area contributed by atoms with Crippen molar-refractivity contribution in [2.45, 2.75) is 25.0 Å². The Bertz CT molecular complexity index is 523. The van der Waals surface area contributed by atoms with Crippen LogP contribution >= 0.6 is 11.3 Å². The Morgan fingerprint density at radius 2 is 2.35 bits per heavy atom. The van der Waals surface area contributed by atoms with Crippen molar-refractivity contribution in [3.8, 4) is 0 Å². The minimum atomic E-state index is -1.02. The molecule has 2 atom stereocenters. The second-order valence-electron chi connectivity index (χ2n) is 4.86. The van der Waals surface area contributed by atoms with Crippen molar-refractivity contribution in [3.05, 3.63) is 21.9 Å². The number of fused-ring (bicyclic) bond motifs is 1. The van der Waals surface area contributed by atoms with Crippen LogP contribution in [-0.4, -0.2) is 47.9 Å². The van der Waals surface area contributed by atoms with Gasteiger partial charge in [0.2, 0.25) is 0 Å². The number of nitrogens with zero attached hydrogens (tertiary/aromatic N) is 1. The number of carboxylic acid groups (broad SMARTS) is 1. The predicted octanol–water partition coefficient (Wildman–Crippen LogP) is 1.66. The normalized spacial score (nSPS) is 25.3. The molecule has 3 rings (SSSR count). The number of aliphatic carboxylic acids is 1. The van der Waals surface area contributed by atoms with E-state index in [1.165, 1.54) is 16.2 Å². The first-order valence-corrected chi connectivity index (χ1v) is 7.39. The van der Waals surface area contributed by atoms with Crippen LogP contribution in [0, 0.1) is 0 Å². The highest BCUT2D eigenvalue weighted by atomic mass is 32.1. The molecule has 7 heteroatoms. The fourth-order valence-electron chi connectivity index (χ4n) is 2.56. The van der Waals surface area contributed by atoms with Crippen LogP contribution in [0.2, 0.25) is 0 Å². The lowest BCUT2D eigenvalue weighted by Gasteiger charge is -2.32. The number of thiophene rings is 1. The van der Waals surface area contributed by atoms with Crippen molar-refractivity contribution in [1.29, 1.82) is 0 Å². The van der Waals surface area contributed by atoms with Crippen LogP contribution in [0.1, 0.15) is 22.9 Å². The average Bonchev–Trinajstić information content (AvgIpc) is 3.06. The van der Waals surface area contributed by atoms with E-state index in [1.807, 2.05) is 11.4 Å². The molecular formula is C13H15NO5S. The van der Waals surface area contributed by atoms with Gasteiger partial charge >= 0.3 is 12.1 Å². The molecular weight excluding hydrogens is 282 g/mol. The molecule has 1 amide bonds. The van der Waals surface area contributed by atoms with Crippen LogP contribution in [0.25, 0.3) is 0 Å².